The summed E-state index contributed by atoms with van der Waals surface area (Å²) in [7, 11) is 0. The van der Waals surface area contributed by atoms with E-state index in [0.29, 0.717) is 24.5 Å². The summed E-state index contributed by atoms with van der Waals surface area (Å²) in [6.45, 7) is 1.31. The standard InChI is InChI=1S/C14H17BrN2O3S/c15-9-1-2-12(11(7-9)14(16)21)20-8-13(18)17-10-3-5-19-6-4-10/h1-2,7,10H,3-6,8H2,(H2,16,21)(H,17,18). The van der Waals surface area contributed by atoms with Crippen molar-refractivity contribution in [2.45, 2.75) is 18.9 Å². The number of nitrogens with one attached hydrogen (secondary N) is 1. The van der Waals surface area contributed by atoms with Gasteiger partial charge in [-0.25, -0.2) is 0 Å². The van der Waals surface area contributed by atoms with E-state index in [1.807, 2.05) is 6.07 Å². The molecule has 5 nitrogen and oxygen atoms in total. The molecule has 3 N–H and O–H groups in total. The van der Waals surface area contributed by atoms with Crippen molar-refractivity contribution < 1.29 is 14.3 Å². The second-order valence-electron chi connectivity index (χ2n) is 4.75. The average Bonchev–Trinajstić information content (AvgIpc) is 2.47. The summed E-state index contributed by atoms with van der Waals surface area (Å²) in [6, 6.07) is 5.48. The Morgan fingerprint density at radius 1 is 1.48 bits per heavy atom. The molecule has 0 saturated carbocycles. The van der Waals surface area contributed by atoms with Crippen LogP contribution in [-0.2, 0) is 9.53 Å². The van der Waals surface area contributed by atoms with Crippen molar-refractivity contribution in [3.63, 3.8) is 0 Å². The summed E-state index contributed by atoms with van der Waals surface area (Å²) < 4.78 is 11.6. The Bertz CT molecular complexity index is 533. The third kappa shape index (κ3) is 4.94. The molecule has 1 heterocycles. The number of benzene rings is 1. The molecule has 1 aromatic carbocycles. The summed E-state index contributed by atoms with van der Waals surface area (Å²) in [6.07, 6.45) is 1.67. The van der Waals surface area contributed by atoms with E-state index in [2.05, 4.69) is 21.2 Å². The minimum atomic E-state index is -0.154. The van der Waals surface area contributed by atoms with Gasteiger partial charge in [-0.15, -0.1) is 0 Å². The van der Waals surface area contributed by atoms with Crippen LogP contribution in [0.25, 0.3) is 0 Å². The molecule has 21 heavy (non-hydrogen) atoms. The minimum Gasteiger partial charge on any atom is -0.483 e. The van der Waals surface area contributed by atoms with Gasteiger partial charge in [-0.05, 0) is 31.0 Å². The van der Waals surface area contributed by atoms with Gasteiger partial charge in [-0.1, -0.05) is 28.1 Å². The maximum absolute atomic E-state index is 11.9. The lowest BCUT2D eigenvalue weighted by molar-refractivity contribution is -0.124. The summed E-state index contributed by atoms with van der Waals surface area (Å²) >= 11 is 8.33. The molecule has 0 atom stereocenters. The van der Waals surface area contributed by atoms with Gasteiger partial charge in [0.1, 0.15) is 10.7 Å². The van der Waals surface area contributed by atoms with Gasteiger partial charge in [0.15, 0.2) is 6.61 Å². The average molecular weight is 373 g/mol. The summed E-state index contributed by atoms with van der Waals surface area (Å²) in [5, 5.41) is 2.93. The van der Waals surface area contributed by atoms with Crippen LogP contribution in [0.2, 0.25) is 0 Å². The minimum absolute atomic E-state index is 0.0609. The quantitative estimate of drug-likeness (QED) is 0.770. The third-order valence-electron chi connectivity index (χ3n) is 3.15. The van der Waals surface area contributed by atoms with Gasteiger partial charge in [0.2, 0.25) is 0 Å². The Kier molecular flexibility index (Phi) is 5.96. The van der Waals surface area contributed by atoms with Crippen LogP contribution in [-0.4, -0.2) is 36.8 Å². The van der Waals surface area contributed by atoms with E-state index in [1.54, 1.807) is 12.1 Å². The Morgan fingerprint density at radius 3 is 2.86 bits per heavy atom. The van der Waals surface area contributed by atoms with Crippen molar-refractivity contribution >= 4 is 39.0 Å². The Hall–Kier alpha value is -1.18. The predicted octanol–water partition coefficient (Wildman–Crippen LogP) is 1.76. The van der Waals surface area contributed by atoms with Crippen molar-refractivity contribution in [2.24, 2.45) is 5.73 Å². The number of ether oxygens (including phenoxy) is 2. The van der Waals surface area contributed by atoms with E-state index >= 15 is 0 Å². The van der Waals surface area contributed by atoms with Gasteiger partial charge in [0.25, 0.3) is 5.91 Å². The maximum Gasteiger partial charge on any atom is 0.258 e. The van der Waals surface area contributed by atoms with Crippen LogP contribution in [0.3, 0.4) is 0 Å². The molecule has 0 bridgehead atoms. The molecule has 0 spiro atoms. The predicted molar refractivity (Wildman–Crippen MR) is 87.5 cm³/mol. The van der Waals surface area contributed by atoms with Gasteiger partial charge in [-0.3, -0.25) is 4.79 Å². The van der Waals surface area contributed by atoms with Crippen molar-refractivity contribution in [3.8, 4) is 5.75 Å². The highest BCUT2D eigenvalue weighted by Crippen LogP contribution is 2.23. The number of amides is 1. The van der Waals surface area contributed by atoms with Crippen LogP contribution >= 0.6 is 28.1 Å². The van der Waals surface area contributed by atoms with Crippen LogP contribution < -0.4 is 15.8 Å². The van der Waals surface area contributed by atoms with Crippen molar-refractivity contribution in [1.29, 1.82) is 0 Å². The molecule has 1 aromatic rings. The number of carbonyl (C=O) groups is 1. The zero-order valence-electron chi connectivity index (χ0n) is 11.4. The fourth-order valence-electron chi connectivity index (χ4n) is 2.08. The molecule has 0 aliphatic carbocycles. The van der Waals surface area contributed by atoms with Gasteiger partial charge in [-0.2, -0.15) is 0 Å². The number of hydrogen-bond donors (Lipinski definition) is 2. The van der Waals surface area contributed by atoms with Gasteiger partial charge in [0, 0.05) is 23.7 Å². The molecule has 114 valence electrons. The largest absolute Gasteiger partial charge is 0.483 e. The van der Waals surface area contributed by atoms with Crippen LogP contribution in [0.4, 0.5) is 0 Å². The zero-order valence-corrected chi connectivity index (χ0v) is 13.8. The molecule has 0 aromatic heterocycles. The first-order valence-electron chi connectivity index (χ1n) is 6.65. The van der Waals surface area contributed by atoms with E-state index in [4.69, 9.17) is 27.4 Å². The van der Waals surface area contributed by atoms with Crippen molar-refractivity contribution in [1.82, 2.24) is 5.32 Å². The molecule has 7 heteroatoms. The van der Waals surface area contributed by atoms with Crippen molar-refractivity contribution in [2.75, 3.05) is 19.8 Å². The van der Waals surface area contributed by atoms with E-state index in [-0.39, 0.29) is 23.5 Å². The van der Waals surface area contributed by atoms with Crippen LogP contribution in [0.1, 0.15) is 18.4 Å². The number of hydrogen-bond acceptors (Lipinski definition) is 4. The SMILES string of the molecule is NC(=S)c1cc(Br)ccc1OCC(=O)NC1CCOCC1. The fraction of sp³-hybridized carbons (Fsp3) is 0.429. The first-order chi connectivity index (χ1) is 10.1. The summed E-state index contributed by atoms with van der Waals surface area (Å²) in [5.41, 5.74) is 6.26. The van der Waals surface area contributed by atoms with Crippen LogP contribution in [0.5, 0.6) is 5.75 Å². The highest BCUT2D eigenvalue weighted by atomic mass is 79.9. The molecule has 1 amide bonds. The molecule has 0 unspecified atom stereocenters. The monoisotopic (exact) mass is 372 g/mol. The second kappa shape index (κ2) is 7.72. The lowest BCUT2D eigenvalue weighted by Crippen LogP contribution is -2.41. The highest BCUT2D eigenvalue weighted by Gasteiger charge is 2.16. The Labute approximate surface area is 137 Å². The molecule has 1 saturated heterocycles. The van der Waals surface area contributed by atoms with Crippen LogP contribution in [0, 0.1) is 0 Å². The topological polar surface area (TPSA) is 73.6 Å². The normalized spacial score (nSPS) is 15.5. The Balaban J connectivity index is 1.90. The van der Waals surface area contributed by atoms with Gasteiger partial charge >= 0.3 is 0 Å². The number of nitrogens with two attached hydrogens (primary N) is 1. The number of carbonyl (C=O) groups excluding carboxylic acids is 1. The molecule has 0 radical (unpaired) electrons. The first kappa shape index (κ1) is 16.2. The number of thiocarbonyl (C=S) groups is 1. The first-order valence-corrected chi connectivity index (χ1v) is 7.85. The molecular formula is C14H17BrN2O3S. The number of rotatable bonds is 5. The van der Waals surface area contributed by atoms with E-state index in [1.165, 1.54) is 0 Å². The van der Waals surface area contributed by atoms with Crippen LogP contribution in [0.15, 0.2) is 22.7 Å². The zero-order chi connectivity index (χ0) is 15.2. The molecule has 1 fully saturated rings. The third-order valence-corrected chi connectivity index (χ3v) is 3.87. The maximum atomic E-state index is 11.9. The molecule has 1 aliphatic heterocycles. The fourth-order valence-corrected chi connectivity index (χ4v) is 2.60. The second-order valence-corrected chi connectivity index (χ2v) is 6.10. The van der Waals surface area contributed by atoms with Gasteiger partial charge in [0.05, 0.1) is 5.56 Å². The highest BCUT2D eigenvalue weighted by molar-refractivity contribution is 9.10. The van der Waals surface area contributed by atoms with E-state index in [0.717, 1.165) is 17.3 Å². The molecule has 1 aliphatic rings. The molecular weight excluding hydrogens is 356 g/mol. The smallest absolute Gasteiger partial charge is 0.258 e. The van der Waals surface area contributed by atoms with Gasteiger partial charge < -0.3 is 20.5 Å². The molecule has 2 rings (SSSR count). The summed E-state index contributed by atoms with van der Waals surface area (Å²) in [5.74, 6) is 0.353. The lowest BCUT2D eigenvalue weighted by atomic mass is 10.1. The van der Waals surface area contributed by atoms with Crippen molar-refractivity contribution in [3.05, 3.63) is 28.2 Å². The number of halogens is 1. The van der Waals surface area contributed by atoms with E-state index in [9.17, 15) is 4.79 Å². The summed E-state index contributed by atoms with van der Waals surface area (Å²) in [4.78, 5) is 12.1. The Morgan fingerprint density at radius 2 is 2.19 bits per heavy atom. The lowest BCUT2D eigenvalue weighted by Gasteiger charge is -2.23. The van der Waals surface area contributed by atoms with E-state index < -0.39 is 0 Å².